The number of aryl methyl sites for hydroxylation is 1. The van der Waals surface area contributed by atoms with Crippen molar-refractivity contribution in [3.63, 3.8) is 0 Å². The molecule has 0 aliphatic carbocycles. The molecule has 0 spiro atoms. The second kappa shape index (κ2) is 6.02. The molecule has 2 aromatic heterocycles. The van der Waals surface area contributed by atoms with E-state index in [9.17, 15) is 0 Å². The normalized spacial score (nSPS) is 12.1. The summed E-state index contributed by atoms with van der Waals surface area (Å²) in [6, 6.07) is 7.58. The van der Waals surface area contributed by atoms with Gasteiger partial charge in [-0.1, -0.05) is 12.1 Å². The number of ether oxygens (including phenoxy) is 1. The smallest absolute Gasteiger partial charge is 0.235 e. The van der Waals surface area contributed by atoms with Crippen LogP contribution >= 0.6 is 0 Å². The zero-order valence-corrected chi connectivity index (χ0v) is 12.9. The van der Waals surface area contributed by atoms with Crippen LogP contribution < -0.4 is 10.5 Å². The van der Waals surface area contributed by atoms with E-state index in [0.717, 1.165) is 11.1 Å². The molecule has 3 N–H and O–H groups in total. The first-order chi connectivity index (χ1) is 11.1. The van der Waals surface area contributed by atoms with E-state index in [2.05, 4.69) is 26.2 Å². The molecule has 7 nitrogen and oxygen atoms in total. The molecule has 0 bridgehead atoms. The van der Waals surface area contributed by atoms with Crippen molar-refractivity contribution in [1.82, 2.24) is 20.2 Å². The minimum Gasteiger partial charge on any atom is -0.472 e. The molecular formula is C16H16N6O. The summed E-state index contributed by atoms with van der Waals surface area (Å²) in [6.07, 6.45) is 1.50. The number of fused-ring (bicyclic) bond motifs is 1. The molecule has 0 amide bonds. The van der Waals surface area contributed by atoms with Gasteiger partial charge in [0.25, 0.3) is 0 Å². The van der Waals surface area contributed by atoms with Crippen molar-refractivity contribution in [2.45, 2.75) is 20.0 Å². The first-order valence-corrected chi connectivity index (χ1v) is 7.22. The maximum atomic E-state index is 9.14. The van der Waals surface area contributed by atoms with Gasteiger partial charge in [-0.05, 0) is 19.9 Å². The van der Waals surface area contributed by atoms with Crippen LogP contribution in [0.15, 0.2) is 24.4 Å². The van der Waals surface area contributed by atoms with Crippen LogP contribution in [0.4, 0.5) is 0 Å². The van der Waals surface area contributed by atoms with Gasteiger partial charge in [0, 0.05) is 11.9 Å². The van der Waals surface area contributed by atoms with Crippen LogP contribution in [0.1, 0.15) is 18.2 Å². The molecule has 2 heterocycles. The molecule has 0 aliphatic heterocycles. The van der Waals surface area contributed by atoms with Crippen molar-refractivity contribution in [2.24, 2.45) is 5.73 Å². The second-order valence-electron chi connectivity index (χ2n) is 5.22. The predicted octanol–water partition coefficient (Wildman–Crippen LogP) is 1.93. The van der Waals surface area contributed by atoms with E-state index >= 15 is 0 Å². The van der Waals surface area contributed by atoms with E-state index in [4.69, 9.17) is 15.7 Å². The zero-order chi connectivity index (χ0) is 16.4. The van der Waals surface area contributed by atoms with Crippen molar-refractivity contribution in [3.05, 3.63) is 35.7 Å². The summed E-state index contributed by atoms with van der Waals surface area (Å²) >= 11 is 0. The molecule has 7 heteroatoms. The molecule has 23 heavy (non-hydrogen) atoms. The Labute approximate surface area is 133 Å². The second-order valence-corrected chi connectivity index (χ2v) is 5.22. The number of hydrogen-bond donors (Lipinski definition) is 2. The third-order valence-electron chi connectivity index (χ3n) is 3.51. The monoisotopic (exact) mass is 308 g/mol. The van der Waals surface area contributed by atoms with Gasteiger partial charge in [0.15, 0.2) is 0 Å². The summed E-state index contributed by atoms with van der Waals surface area (Å²) < 4.78 is 5.62. The van der Waals surface area contributed by atoms with Gasteiger partial charge >= 0.3 is 0 Å². The highest BCUT2D eigenvalue weighted by molar-refractivity contribution is 5.94. The van der Waals surface area contributed by atoms with Gasteiger partial charge in [0.2, 0.25) is 5.88 Å². The molecule has 3 aromatic rings. The summed E-state index contributed by atoms with van der Waals surface area (Å²) in [6.45, 7) is 4.11. The molecule has 1 atom stereocenters. The number of hydrogen-bond acceptors (Lipinski definition) is 6. The number of nitrogens with one attached hydrogen (secondary N) is 1. The topological polar surface area (TPSA) is 114 Å². The minimum atomic E-state index is -0.125. The van der Waals surface area contributed by atoms with Crippen LogP contribution in [-0.2, 0) is 0 Å². The predicted molar refractivity (Wildman–Crippen MR) is 85.7 cm³/mol. The number of H-pyrrole nitrogens is 1. The van der Waals surface area contributed by atoms with Gasteiger partial charge in [-0.3, -0.25) is 5.10 Å². The van der Waals surface area contributed by atoms with Crippen molar-refractivity contribution < 1.29 is 4.74 Å². The number of nitriles is 1. The average Bonchev–Trinajstić information content (AvgIpc) is 3.00. The van der Waals surface area contributed by atoms with Crippen LogP contribution in [-0.4, -0.2) is 32.8 Å². The number of aromatic amines is 1. The number of aromatic nitrogens is 4. The van der Waals surface area contributed by atoms with Gasteiger partial charge in [-0.25, -0.2) is 9.97 Å². The summed E-state index contributed by atoms with van der Waals surface area (Å²) in [4.78, 5) is 8.84. The van der Waals surface area contributed by atoms with E-state index in [1.165, 1.54) is 0 Å². The SMILES string of the molecule is Cc1nc(-c2[nH]nc3c(C#N)cccc23)cnc1OC(C)CN. The Bertz CT molecular complexity index is 895. The van der Waals surface area contributed by atoms with E-state index in [0.29, 0.717) is 34.9 Å². The molecule has 0 saturated heterocycles. The average molecular weight is 308 g/mol. The van der Waals surface area contributed by atoms with Gasteiger partial charge in [-0.2, -0.15) is 10.4 Å². The van der Waals surface area contributed by atoms with E-state index in [-0.39, 0.29) is 6.10 Å². The summed E-state index contributed by atoms with van der Waals surface area (Å²) in [7, 11) is 0. The van der Waals surface area contributed by atoms with E-state index in [1.54, 1.807) is 12.3 Å². The van der Waals surface area contributed by atoms with Gasteiger partial charge in [-0.15, -0.1) is 0 Å². The Morgan fingerprint density at radius 3 is 2.96 bits per heavy atom. The highest BCUT2D eigenvalue weighted by Crippen LogP contribution is 2.27. The number of para-hydroxylation sites is 1. The fraction of sp³-hybridized carbons (Fsp3) is 0.250. The lowest BCUT2D eigenvalue weighted by atomic mass is 10.1. The number of nitrogens with zero attached hydrogens (tertiary/aromatic N) is 4. The molecule has 116 valence electrons. The lowest BCUT2D eigenvalue weighted by Crippen LogP contribution is -2.23. The van der Waals surface area contributed by atoms with Crippen LogP contribution in [0.2, 0.25) is 0 Å². The Kier molecular flexibility index (Phi) is 3.91. The maximum absolute atomic E-state index is 9.14. The lowest BCUT2D eigenvalue weighted by Gasteiger charge is -2.13. The Morgan fingerprint density at radius 1 is 1.43 bits per heavy atom. The van der Waals surface area contributed by atoms with Gasteiger partial charge in [0.1, 0.15) is 29.1 Å². The minimum absolute atomic E-state index is 0.125. The van der Waals surface area contributed by atoms with Crippen LogP contribution in [0.25, 0.3) is 22.3 Å². The largest absolute Gasteiger partial charge is 0.472 e. The summed E-state index contributed by atoms with van der Waals surface area (Å²) in [5.41, 5.74) is 8.74. The maximum Gasteiger partial charge on any atom is 0.235 e. The van der Waals surface area contributed by atoms with Crippen LogP contribution in [0.3, 0.4) is 0 Å². The molecule has 3 rings (SSSR count). The molecular weight excluding hydrogens is 292 g/mol. The number of benzene rings is 1. The van der Waals surface area contributed by atoms with E-state index in [1.807, 2.05) is 26.0 Å². The van der Waals surface area contributed by atoms with Gasteiger partial charge in [0.05, 0.1) is 17.5 Å². The van der Waals surface area contributed by atoms with Crippen molar-refractivity contribution in [3.8, 4) is 23.3 Å². The van der Waals surface area contributed by atoms with Gasteiger partial charge < -0.3 is 10.5 Å². The van der Waals surface area contributed by atoms with Crippen molar-refractivity contribution in [1.29, 1.82) is 5.26 Å². The lowest BCUT2D eigenvalue weighted by molar-refractivity contribution is 0.218. The molecule has 0 aliphatic rings. The van der Waals surface area contributed by atoms with Crippen LogP contribution in [0, 0.1) is 18.3 Å². The fourth-order valence-electron chi connectivity index (χ4n) is 2.27. The fourth-order valence-corrected chi connectivity index (χ4v) is 2.27. The Balaban J connectivity index is 2.03. The molecule has 0 saturated carbocycles. The van der Waals surface area contributed by atoms with Crippen LogP contribution in [0.5, 0.6) is 5.88 Å². The third-order valence-corrected chi connectivity index (χ3v) is 3.51. The number of rotatable bonds is 4. The highest BCUT2D eigenvalue weighted by atomic mass is 16.5. The molecule has 0 fully saturated rings. The standard InChI is InChI=1S/C16H16N6O/c1-9(6-17)23-16-10(2)20-13(8-19-16)15-12-5-3-4-11(7-18)14(12)21-22-15/h3-5,8-9H,6,17H2,1-2H3,(H,21,22). The summed E-state index contributed by atoms with van der Waals surface area (Å²) in [5, 5.41) is 17.1. The number of nitrogens with two attached hydrogens (primary N) is 1. The summed E-state index contributed by atoms with van der Waals surface area (Å²) in [5.74, 6) is 0.466. The Hall–Kier alpha value is -2.98. The van der Waals surface area contributed by atoms with E-state index < -0.39 is 0 Å². The zero-order valence-electron chi connectivity index (χ0n) is 12.9. The van der Waals surface area contributed by atoms with Crippen molar-refractivity contribution >= 4 is 10.9 Å². The molecule has 1 aromatic carbocycles. The third kappa shape index (κ3) is 2.72. The van der Waals surface area contributed by atoms with Crippen molar-refractivity contribution in [2.75, 3.05) is 6.54 Å². The molecule has 0 radical (unpaired) electrons. The highest BCUT2D eigenvalue weighted by Gasteiger charge is 2.14. The first kappa shape index (κ1) is 14.9. The Morgan fingerprint density at radius 2 is 2.26 bits per heavy atom. The first-order valence-electron chi connectivity index (χ1n) is 7.22. The molecule has 1 unspecified atom stereocenters. The quantitative estimate of drug-likeness (QED) is 0.761.